The van der Waals surface area contributed by atoms with Gasteiger partial charge in [-0.3, -0.25) is 4.79 Å². The Labute approximate surface area is 200 Å². The van der Waals surface area contributed by atoms with E-state index in [0.717, 1.165) is 25.7 Å². The normalized spacial score (nSPS) is 28.0. The summed E-state index contributed by atoms with van der Waals surface area (Å²) in [5, 5.41) is 17.1. The van der Waals surface area contributed by atoms with Crippen molar-refractivity contribution in [1.29, 1.82) is 5.26 Å². The number of fused-ring (bicyclic) bond motifs is 1. The molecule has 0 bridgehead atoms. The summed E-state index contributed by atoms with van der Waals surface area (Å²) in [6.45, 7) is 4.93. The second kappa shape index (κ2) is 9.52. The summed E-state index contributed by atoms with van der Waals surface area (Å²) < 4.78 is 26.8. The van der Waals surface area contributed by atoms with Crippen molar-refractivity contribution in [2.24, 2.45) is 5.92 Å². The van der Waals surface area contributed by atoms with Gasteiger partial charge in [-0.2, -0.15) is 5.26 Å². The maximum absolute atomic E-state index is 13.1. The minimum absolute atomic E-state index is 0.00719. The number of urea groups is 1. The first-order chi connectivity index (χ1) is 16.1. The SMILES string of the molecule is Cc1cccc2c1S(=O)(=O)N(CC(=O)N[C@H](C)C1NN(C3CCCC3)C(C#N)CC1C)C(=O)N2. The van der Waals surface area contributed by atoms with Gasteiger partial charge in [0.1, 0.15) is 17.5 Å². The lowest BCUT2D eigenvalue weighted by Crippen LogP contribution is -2.65. The molecule has 1 aromatic carbocycles. The number of anilines is 1. The van der Waals surface area contributed by atoms with E-state index in [-0.39, 0.29) is 34.6 Å². The van der Waals surface area contributed by atoms with Gasteiger partial charge in [0.2, 0.25) is 5.91 Å². The van der Waals surface area contributed by atoms with E-state index >= 15 is 0 Å². The highest BCUT2D eigenvalue weighted by Gasteiger charge is 2.42. The molecule has 3 aliphatic rings. The Morgan fingerprint density at radius 1 is 1.32 bits per heavy atom. The van der Waals surface area contributed by atoms with Crippen LogP contribution in [0.5, 0.6) is 0 Å². The number of benzene rings is 1. The standard InChI is InChI=1S/C23H32N6O4S/c1-14-7-6-10-19-22(14)34(32,33)28(23(31)26-19)13-20(30)25-16(3)21-15(2)11-18(12-24)29(27-21)17-8-4-5-9-17/h6-7,10,15-18,21,27H,4-5,8-9,11,13H2,1-3H3,(H,25,30)(H,26,31)/t15?,16-,18?,21?/m1/s1. The molecule has 0 spiro atoms. The second-order valence-electron chi connectivity index (χ2n) is 9.61. The van der Waals surface area contributed by atoms with Gasteiger partial charge in [-0.15, -0.1) is 0 Å². The maximum atomic E-state index is 13.1. The zero-order chi connectivity index (χ0) is 24.6. The third-order valence-electron chi connectivity index (χ3n) is 7.15. The molecule has 2 heterocycles. The molecule has 1 saturated heterocycles. The van der Waals surface area contributed by atoms with Crippen LogP contribution in [-0.2, 0) is 14.8 Å². The van der Waals surface area contributed by atoms with Crippen molar-refractivity contribution in [3.05, 3.63) is 23.8 Å². The van der Waals surface area contributed by atoms with Gasteiger partial charge in [0.25, 0.3) is 10.0 Å². The quantitative estimate of drug-likeness (QED) is 0.578. The number of nitrogens with one attached hydrogen (secondary N) is 3. The van der Waals surface area contributed by atoms with Crippen molar-refractivity contribution in [1.82, 2.24) is 20.1 Å². The first-order valence-electron chi connectivity index (χ1n) is 11.8. The first-order valence-corrected chi connectivity index (χ1v) is 13.2. The lowest BCUT2D eigenvalue weighted by Gasteiger charge is -2.46. The molecule has 1 aromatic rings. The number of rotatable bonds is 5. The first kappa shape index (κ1) is 24.4. The molecule has 4 atom stereocenters. The average Bonchev–Trinajstić information content (AvgIpc) is 3.30. The number of sulfonamides is 1. The van der Waals surface area contributed by atoms with E-state index in [1.54, 1.807) is 19.1 Å². The highest BCUT2D eigenvalue weighted by atomic mass is 32.2. The molecule has 3 unspecified atom stereocenters. The zero-order valence-corrected chi connectivity index (χ0v) is 20.6. The topological polar surface area (TPSA) is 135 Å². The second-order valence-corrected chi connectivity index (χ2v) is 11.4. The number of nitriles is 1. The average molecular weight is 489 g/mol. The molecular formula is C23H32N6O4S. The maximum Gasteiger partial charge on any atom is 0.336 e. The molecule has 0 aromatic heterocycles. The summed E-state index contributed by atoms with van der Waals surface area (Å²) in [6.07, 6.45) is 5.04. The Morgan fingerprint density at radius 3 is 2.71 bits per heavy atom. The van der Waals surface area contributed by atoms with Gasteiger partial charge >= 0.3 is 6.03 Å². The van der Waals surface area contributed by atoms with Crippen molar-refractivity contribution in [2.45, 2.75) is 81.9 Å². The lowest BCUT2D eigenvalue weighted by atomic mass is 9.87. The van der Waals surface area contributed by atoms with Gasteiger partial charge in [-0.05, 0) is 50.7 Å². The van der Waals surface area contributed by atoms with Gasteiger partial charge in [0, 0.05) is 18.1 Å². The van der Waals surface area contributed by atoms with Gasteiger partial charge < -0.3 is 10.6 Å². The molecule has 1 aliphatic carbocycles. The smallest absolute Gasteiger partial charge is 0.336 e. The summed E-state index contributed by atoms with van der Waals surface area (Å²) in [4.78, 5) is 25.4. The molecule has 0 radical (unpaired) electrons. The van der Waals surface area contributed by atoms with Crippen LogP contribution in [0.25, 0.3) is 0 Å². The van der Waals surface area contributed by atoms with E-state index in [1.807, 2.05) is 13.8 Å². The van der Waals surface area contributed by atoms with Crippen molar-refractivity contribution < 1.29 is 18.0 Å². The van der Waals surface area contributed by atoms with Gasteiger partial charge in [0.15, 0.2) is 0 Å². The Morgan fingerprint density at radius 2 is 2.03 bits per heavy atom. The Hall–Kier alpha value is -2.68. The third kappa shape index (κ3) is 4.50. The van der Waals surface area contributed by atoms with Crippen LogP contribution in [0.4, 0.5) is 10.5 Å². The predicted octanol–water partition coefficient (Wildman–Crippen LogP) is 2.09. The number of hydrogen-bond donors (Lipinski definition) is 3. The van der Waals surface area contributed by atoms with Crippen LogP contribution >= 0.6 is 0 Å². The molecule has 3 amide bonds. The lowest BCUT2D eigenvalue weighted by molar-refractivity contribution is -0.122. The summed E-state index contributed by atoms with van der Waals surface area (Å²) in [5.41, 5.74) is 4.20. The predicted molar refractivity (Wildman–Crippen MR) is 126 cm³/mol. The Balaban J connectivity index is 1.45. The van der Waals surface area contributed by atoms with Crippen LogP contribution in [-0.4, -0.2) is 60.4 Å². The van der Waals surface area contributed by atoms with Crippen LogP contribution in [0.2, 0.25) is 0 Å². The van der Waals surface area contributed by atoms with Gasteiger partial charge in [-0.1, -0.05) is 31.9 Å². The molecule has 2 fully saturated rings. The van der Waals surface area contributed by atoms with E-state index in [4.69, 9.17) is 0 Å². The molecule has 10 nitrogen and oxygen atoms in total. The summed E-state index contributed by atoms with van der Waals surface area (Å²) in [7, 11) is -4.16. The fourth-order valence-electron chi connectivity index (χ4n) is 5.43. The molecule has 1 saturated carbocycles. The number of amides is 3. The van der Waals surface area contributed by atoms with Crippen molar-refractivity contribution >= 4 is 27.6 Å². The van der Waals surface area contributed by atoms with Crippen LogP contribution in [0, 0.1) is 24.2 Å². The zero-order valence-electron chi connectivity index (χ0n) is 19.7. The van der Waals surface area contributed by atoms with Gasteiger partial charge in [-0.25, -0.2) is 28.0 Å². The molecule has 2 aliphatic heterocycles. The number of carbonyl (C=O) groups excluding carboxylic acids is 2. The number of carbonyl (C=O) groups is 2. The number of nitrogens with zero attached hydrogens (tertiary/aromatic N) is 3. The van der Waals surface area contributed by atoms with Crippen molar-refractivity contribution in [3.8, 4) is 6.07 Å². The molecule has 3 N–H and O–H groups in total. The summed E-state index contributed by atoms with van der Waals surface area (Å²) in [5.74, 6) is -0.443. The van der Waals surface area contributed by atoms with E-state index < -0.39 is 28.5 Å². The summed E-state index contributed by atoms with van der Waals surface area (Å²) >= 11 is 0. The van der Waals surface area contributed by atoms with E-state index in [0.29, 0.717) is 22.3 Å². The Bertz CT molecular complexity index is 1110. The van der Waals surface area contributed by atoms with E-state index in [9.17, 15) is 23.3 Å². The molecular weight excluding hydrogens is 456 g/mol. The third-order valence-corrected chi connectivity index (χ3v) is 9.08. The minimum Gasteiger partial charge on any atom is -0.350 e. The van der Waals surface area contributed by atoms with Crippen molar-refractivity contribution in [3.63, 3.8) is 0 Å². The molecule has 4 rings (SSSR count). The van der Waals surface area contributed by atoms with E-state index in [1.165, 1.54) is 6.07 Å². The number of aryl methyl sites for hydroxylation is 1. The van der Waals surface area contributed by atoms with Crippen molar-refractivity contribution in [2.75, 3.05) is 11.9 Å². The Kier molecular flexibility index (Phi) is 6.85. The highest BCUT2D eigenvalue weighted by molar-refractivity contribution is 7.90. The van der Waals surface area contributed by atoms with Crippen LogP contribution in [0.15, 0.2) is 23.1 Å². The fourth-order valence-corrected chi connectivity index (χ4v) is 7.07. The molecule has 34 heavy (non-hydrogen) atoms. The highest BCUT2D eigenvalue weighted by Crippen LogP contribution is 2.33. The minimum atomic E-state index is -4.16. The number of hydrogen-bond acceptors (Lipinski definition) is 7. The molecule has 184 valence electrons. The van der Waals surface area contributed by atoms with E-state index in [2.05, 4.69) is 27.1 Å². The van der Waals surface area contributed by atoms with Crippen LogP contribution < -0.4 is 16.1 Å². The summed E-state index contributed by atoms with van der Waals surface area (Å²) in [6, 6.07) is 6.01. The molecule has 11 heteroatoms. The van der Waals surface area contributed by atoms with Crippen LogP contribution in [0.1, 0.15) is 51.5 Å². The fraction of sp³-hybridized carbons (Fsp3) is 0.609. The van der Waals surface area contributed by atoms with Crippen LogP contribution in [0.3, 0.4) is 0 Å². The number of hydrazine groups is 1. The van der Waals surface area contributed by atoms with Gasteiger partial charge in [0.05, 0.1) is 11.8 Å². The largest absolute Gasteiger partial charge is 0.350 e. The monoisotopic (exact) mass is 488 g/mol.